The summed E-state index contributed by atoms with van der Waals surface area (Å²) in [6.07, 6.45) is 5.70. The van der Waals surface area contributed by atoms with Gasteiger partial charge >= 0.3 is 0 Å². The van der Waals surface area contributed by atoms with E-state index in [0.29, 0.717) is 11.2 Å². The molecule has 0 spiro atoms. The summed E-state index contributed by atoms with van der Waals surface area (Å²) >= 11 is 6.11. The van der Waals surface area contributed by atoms with E-state index in [1.165, 1.54) is 19.3 Å². The van der Waals surface area contributed by atoms with E-state index in [4.69, 9.17) is 11.6 Å². The molecule has 4 heteroatoms. The van der Waals surface area contributed by atoms with Crippen molar-refractivity contribution < 1.29 is 0 Å². The molecule has 2 heterocycles. The summed E-state index contributed by atoms with van der Waals surface area (Å²) in [6, 6.07) is 4.65. The maximum absolute atomic E-state index is 6.11. The van der Waals surface area contributed by atoms with Gasteiger partial charge in [0.05, 0.1) is 0 Å². The zero-order chi connectivity index (χ0) is 12.8. The number of halogens is 1. The molecule has 0 radical (unpaired) electrons. The Labute approximate surface area is 115 Å². The van der Waals surface area contributed by atoms with Crippen molar-refractivity contribution in [3.63, 3.8) is 0 Å². The first kappa shape index (κ1) is 13.8. The van der Waals surface area contributed by atoms with Crippen molar-refractivity contribution in [3.05, 3.63) is 29.0 Å². The molecule has 2 rings (SSSR count). The van der Waals surface area contributed by atoms with Crippen LogP contribution in [0.1, 0.15) is 31.7 Å². The van der Waals surface area contributed by atoms with E-state index in [1.54, 1.807) is 6.20 Å². The Hall–Kier alpha value is -0.640. The minimum atomic E-state index is 0.632. The molecule has 0 saturated carbocycles. The maximum Gasteiger partial charge on any atom is 0.133 e. The van der Waals surface area contributed by atoms with E-state index in [-0.39, 0.29) is 0 Å². The number of pyridine rings is 1. The van der Waals surface area contributed by atoms with Gasteiger partial charge in [0.25, 0.3) is 0 Å². The van der Waals surface area contributed by atoms with E-state index in [2.05, 4.69) is 28.2 Å². The Bertz CT molecular complexity index is 364. The van der Waals surface area contributed by atoms with Gasteiger partial charge < -0.3 is 5.32 Å². The molecule has 0 aromatic carbocycles. The highest BCUT2D eigenvalue weighted by Crippen LogP contribution is 2.15. The quantitative estimate of drug-likeness (QED) is 0.832. The topological polar surface area (TPSA) is 28.2 Å². The number of likely N-dealkylation sites (N-methyl/N-ethyl adjacent to an activating group) is 1. The molecule has 1 fully saturated rings. The second kappa shape index (κ2) is 7.07. The van der Waals surface area contributed by atoms with Crippen molar-refractivity contribution in [2.75, 3.05) is 19.6 Å². The van der Waals surface area contributed by atoms with E-state index >= 15 is 0 Å². The van der Waals surface area contributed by atoms with Gasteiger partial charge in [-0.1, -0.05) is 31.0 Å². The standard InChI is InChI=1S/C14H22ClN3/c1-2-18(11-13-7-3-4-8-16-13)10-12-6-5-9-17-14(12)15/h5-6,9,13,16H,2-4,7-8,10-11H2,1H3. The van der Waals surface area contributed by atoms with Crippen LogP contribution in [-0.2, 0) is 6.54 Å². The molecule has 3 nitrogen and oxygen atoms in total. The zero-order valence-electron chi connectivity index (χ0n) is 11.0. The molecule has 1 unspecified atom stereocenters. The Kier molecular flexibility index (Phi) is 5.42. The molecule has 0 amide bonds. The van der Waals surface area contributed by atoms with Crippen LogP contribution in [-0.4, -0.2) is 35.6 Å². The van der Waals surface area contributed by atoms with Gasteiger partial charge in [-0.05, 0) is 32.0 Å². The number of piperidine rings is 1. The van der Waals surface area contributed by atoms with Gasteiger partial charge in [0.1, 0.15) is 5.15 Å². The molecular formula is C14H22ClN3. The second-order valence-corrected chi connectivity index (χ2v) is 5.29. The number of rotatable bonds is 5. The Morgan fingerprint density at radius 3 is 3.06 bits per heavy atom. The molecule has 1 saturated heterocycles. The number of hydrogen-bond acceptors (Lipinski definition) is 3. The van der Waals surface area contributed by atoms with Gasteiger partial charge in [0.15, 0.2) is 0 Å². The van der Waals surface area contributed by atoms with Crippen LogP contribution in [0.4, 0.5) is 0 Å². The summed E-state index contributed by atoms with van der Waals surface area (Å²) in [6.45, 7) is 6.40. The van der Waals surface area contributed by atoms with Crippen LogP contribution in [0.15, 0.2) is 18.3 Å². The Morgan fingerprint density at radius 2 is 2.39 bits per heavy atom. The smallest absolute Gasteiger partial charge is 0.133 e. The highest BCUT2D eigenvalue weighted by Gasteiger charge is 2.16. The predicted molar refractivity (Wildman–Crippen MR) is 75.8 cm³/mol. The first-order chi connectivity index (χ1) is 8.79. The highest BCUT2D eigenvalue weighted by molar-refractivity contribution is 6.30. The van der Waals surface area contributed by atoms with Crippen LogP contribution < -0.4 is 5.32 Å². The summed E-state index contributed by atoms with van der Waals surface area (Å²) in [5.41, 5.74) is 1.12. The molecule has 0 bridgehead atoms. The molecule has 1 aromatic rings. The second-order valence-electron chi connectivity index (χ2n) is 4.93. The van der Waals surface area contributed by atoms with Crippen LogP contribution in [0, 0.1) is 0 Å². The van der Waals surface area contributed by atoms with E-state index in [1.807, 2.05) is 6.07 Å². The van der Waals surface area contributed by atoms with Crippen LogP contribution in [0.5, 0.6) is 0 Å². The summed E-state index contributed by atoms with van der Waals surface area (Å²) in [5.74, 6) is 0. The Balaban J connectivity index is 1.90. The van der Waals surface area contributed by atoms with Gasteiger partial charge in [-0.15, -0.1) is 0 Å². The number of nitrogens with zero attached hydrogens (tertiary/aromatic N) is 2. The van der Waals surface area contributed by atoms with Crippen molar-refractivity contribution in [2.24, 2.45) is 0 Å². The summed E-state index contributed by atoms with van der Waals surface area (Å²) < 4.78 is 0. The van der Waals surface area contributed by atoms with Gasteiger partial charge in [-0.3, -0.25) is 4.90 Å². The summed E-state index contributed by atoms with van der Waals surface area (Å²) in [7, 11) is 0. The first-order valence-electron chi connectivity index (χ1n) is 6.84. The van der Waals surface area contributed by atoms with Crippen LogP contribution >= 0.6 is 11.6 Å². The average Bonchev–Trinajstić information content (AvgIpc) is 2.41. The molecule has 1 aliphatic rings. The maximum atomic E-state index is 6.11. The van der Waals surface area contributed by atoms with Crippen LogP contribution in [0.25, 0.3) is 0 Å². The number of nitrogens with one attached hydrogen (secondary N) is 1. The fraction of sp³-hybridized carbons (Fsp3) is 0.643. The minimum Gasteiger partial charge on any atom is -0.313 e. The van der Waals surface area contributed by atoms with Crippen LogP contribution in [0.2, 0.25) is 5.15 Å². The average molecular weight is 268 g/mol. The third kappa shape index (κ3) is 3.94. The largest absolute Gasteiger partial charge is 0.313 e. The van der Waals surface area contributed by atoms with E-state index in [9.17, 15) is 0 Å². The molecule has 18 heavy (non-hydrogen) atoms. The zero-order valence-corrected chi connectivity index (χ0v) is 11.8. The van der Waals surface area contributed by atoms with Crippen molar-refractivity contribution in [1.29, 1.82) is 0 Å². The molecule has 1 N–H and O–H groups in total. The van der Waals surface area contributed by atoms with Crippen molar-refractivity contribution >= 4 is 11.6 Å². The fourth-order valence-electron chi connectivity index (χ4n) is 2.48. The van der Waals surface area contributed by atoms with E-state index in [0.717, 1.165) is 31.7 Å². The first-order valence-corrected chi connectivity index (χ1v) is 7.22. The molecule has 100 valence electrons. The summed E-state index contributed by atoms with van der Waals surface area (Å²) in [4.78, 5) is 6.57. The van der Waals surface area contributed by atoms with Crippen molar-refractivity contribution in [1.82, 2.24) is 15.2 Å². The lowest BCUT2D eigenvalue weighted by Crippen LogP contribution is -2.43. The monoisotopic (exact) mass is 267 g/mol. The molecular weight excluding hydrogens is 246 g/mol. The Morgan fingerprint density at radius 1 is 1.50 bits per heavy atom. The van der Waals surface area contributed by atoms with E-state index < -0.39 is 0 Å². The number of aromatic nitrogens is 1. The molecule has 1 aromatic heterocycles. The highest BCUT2D eigenvalue weighted by atomic mass is 35.5. The van der Waals surface area contributed by atoms with Gasteiger partial charge in [0, 0.05) is 30.9 Å². The van der Waals surface area contributed by atoms with Gasteiger partial charge in [-0.2, -0.15) is 0 Å². The predicted octanol–water partition coefficient (Wildman–Crippen LogP) is 2.70. The molecule has 1 aliphatic heterocycles. The molecule has 1 atom stereocenters. The third-order valence-corrected chi connectivity index (χ3v) is 3.91. The molecule has 0 aliphatic carbocycles. The lowest BCUT2D eigenvalue weighted by Gasteiger charge is -2.30. The SMILES string of the molecule is CCN(Cc1cccnc1Cl)CC1CCCCN1. The number of hydrogen-bond donors (Lipinski definition) is 1. The lowest BCUT2D eigenvalue weighted by molar-refractivity contribution is 0.226. The fourth-order valence-corrected chi connectivity index (χ4v) is 2.65. The minimum absolute atomic E-state index is 0.632. The van der Waals surface area contributed by atoms with Crippen LogP contribution in [0.3, 0.4) is 0 Å². The van der Waals surface area contributed by atoms with Gasteiger partial charge in [-0.25, -0.2) is 4.98 Å². The normalized spacial score (nSPS) is 20.3. The van der Waals surface area contributed by atoms with Gasteiger partial charge in [0.2, 0.25) is 0 Å². The lowest BCUT2D eigenvalue weighted by atomic mass is 10.0. The van der Waals surface area contributed by atoms with Crippen molar-refractivity contribution in [2.45, 2.75) is 38.8 Å². The third-order valence-electron chi connectivity index (χ3n) is 3.57. The van der Waals surface area contributed by atoms with Crippen molar-refractivity contribution in [3.8, 4) is 0 Å². The summed E-state index contributed by atoms with van der Waals surface area (Å²) in [5, 5.41) is 4.23.